The number of aryl methyl sites for hydroxylation is 1. The van der Waals surface area contributed by atoms with Crippen LogP contribution in [0.2, 0.25) is 5.02 Å². The lowest BCUT2D eigenvalue weighted by Crippen LogP contribution is -2.43. The average Bonchev–Trinajstić information content (AvgIpc) is 3.32. The van der Waals surface area contributed by atoms with Gasteiger partial charge in [-0.1, -0.05) is 29.8 Å². The Kier molecular flexibility index (Phi) is 6.38. The third kappa shape index (κ3) is 4.22. The number of rotatable bonds is 6. The van der Waals surface area contributed by atoms with Gasteiger partial charge in [0.05, 0.1) is 29.6 Å². The largest absolute Gasteiger partial charge is 0.381 e. The van der Waals surface area contributed by atoms with E-state index in [1.807, 2.05) is 46.8 Å². The number of nitriles is 1. The molecule has 0 N–H and O–H groups in total. The topological polar surface area (TPSA) is 71.2 Å². The van der Waals surface area contributed by atoms with E-state index in [1.54, 1.807) is 0 Å². The average molecular weight is 443 g/mol. The zero-order valence-corrected chi connectivity index (χ0v) is 18.4. The van der Waals surface area contributed by atoms with Gasteiger partial charge in [0.1, 0.15) is 4.83 Å². The summed E-state index contributed by atoms with van der Waals surface area (Å²) in [5.41, 5.74) is 1.88. The molecule has 30 heavy (non-hydrogen) atoms. The van der Waals surface area contributed by atoms with Crippen molar-refractivity contribution in [1.29, 1.82) is 5.26 Å². The maximum atomic E-state index is 13.4. The Hall–Kier alpha value is -2.40. The molecule has 0 spiro atoms. The molecule has 1 aliphatic rings. The number of carbonyl (C=O) groups excluding carboxylic acids is 1. The molecule has 1 saturated heterocycles. The first-order chi connectivity index (χ1) is 14.6. The van der Waals surface area contributed by atoms with Crippen molar-refractivity contribution in [3.63, 3.8) is 0 Å². The van der Waals surface area contributed by atoms with Crippen molar-refractivity contribution in [3.8, 4) is 6.07 Å². The minimum absolute atomic E-state index is 0.0120. The Morgan fingerprint density at radius 2 is 2.17 bits per heavy atom. The highest BCUT2D eigenvalue weighted by atomic mass is 35.5. The predicted octanol–water partition coefficient (Wildman–Crippen LogP) is 4.64. The summed E-state index contributed by atoms with van der Waals surface area (Å²) in [5, 5.41) is 15.4. The van der Waals surface area contributed by atoms with Gasteiger partial charge in [-0.25, -0.2) is 0 Å². The van der Waals surface area contributed by atoms with Crippen LogP contribution in [0.3, 0.4) is 0 Å². The molecular formula is C22H23ClN4O2S. The van der Waals surface area contributed by atoms with Crippen LogP contribution in [0.1, 0.15) is 40.2 Å². The summed E-state index contributed by atoms with van der Waals surface area (Å²) in [6.45, 7) is 4.26. The molecule has 8 heteroatoms. The van der Waals surface area contributed by atoms with Gasteiger partial charge in [0.2, 0.25) is 0 Å². The van der Waals surface area contributed by atoms with Crippen LogP contribution in [0, 0.1) is 18.3 Å². The second-order valence-electron chi connectivity index (χ2n) is 7.41. The molecule has 3 heterocycles. The molecular weight excluding hydrogens is 420 g/mol. The van der Waals surface area contributed by atoms with E-state index in [0.717, 1.165) is 34.3 Å². The first-order valence-corrected chi connectivity index (χ1v) is 11.2. The van der Waals surface area contributed by atoms with Crippen LogP contribution < -0.4 is 0 Å². The molecule has 6 nitrogen and oxygen atoms in total. The second kappa shape index (κ2) is 9.17. The fourth-order valence-electron chi connectivity index (χ4n) is 3.87. The fourth-order valence-corrected chi connectivity index (χ4v) is 5.18. The summed E-state index contributed by atoms with van der Waals surface area (Å²) in [6.07, 6.45) is 1.94. The molecule has 3 aromatic rings. The van der Waals surface area contributed by atoms with Crippen LogP contribution in [-0.4, -0.2) is 46.4 Å². The van der Waals surface area contributed by atoms with Crippen LogP contribution >= 0.6 is 22.9 Å². The van der Waals surface area contributed by atoms with Gasteiger partial charge in [-0.3, -0.25) is 9.48 Å². The molecule has 0 unspecified atom stereocenters. The highest BCUT2D eigenvalue weighted by molar-refractivity contribution is 7.20. The van der Waals surface area contributed by atoms with E-state index in [1.165, 1.54) is 11.3 Å². The molecule has 0 saturated carbocycles. The van der Waals surface area contributed by atoms with Gasteiger partial charge in [0.15, 0.2) is 0 Å². The molecule has 0 radical (unpaired) electrons. The second-order valence-corrected chi connectivity index (χ2v) is 8.85. The van der Waals surface area contributed by atoms with Crippen molar-refractivity contribution in [2.45, 2.75) is 38.8 Å². The monoisotopic (exact) mass is 442 g/mol. The zero-order valence-electron chi connectivity index (χ0n) is 16.8. The third-order valence-corrected chi connectivity index (χ3v) is 6.96. The smallest absolute Gasteiger partial charge is 0.264 e. The van der Waals surface area contributed by atoms with Gasteiger partial charge in [0, 0.05) is 36.2 Å². The number of nitrogens with zero attached hydrogens (tertiary/aromatic N) is 4. The highest BCUT2D eigenvalue weighted by Gasteiger charge is 2.28. The lowest BCUT2D eigenvalue weighted by Gasteiger charge is -2.33. The van der Waals surface area contributed by atoms with Gasteiger partial charge in [-0.15, -0.1) is 11.3 Å². The van der Waals surface area contributed by atoms with Gasteiger partial charge in [-0.2, -0.15) is 10.4 Å². The number of benzene rings is 1. The number of thiophene rings is 1. The summed E-state index contributed by atoms with van der Waals surface area (Å²) >= 11 is 7.78. The number of aromatic nitrogens is 2. The van der Waals surface area contributed by atoms with Gasteiger partial charge < -0.3 is 9.64 Å². The molecule has 4 rings (SSSR count). The van der Waals surface area contributed by atoms with Crippen LogP contribution in [0.15, 0.2) is 30.3 Å². The summed E-state index contributed by atoms with van der Waals surface area (Å²) in [6, 6.07) is 11.9. The molecule has 2 aromatic heterocycles. The van der Waals surface area contributed by atoms with Crippen molar-refractivity contribution < 1.29 is 9.53 Å². The zero-order chi connectivity index (χ0) is 21.1. The summed E-state index contributed by atoms with van der Waals surface area (Å²) in [5.74, 6) is -0.0120. The molecule has 1 fully saturated rings. The molecule has 1 aliphatic heterocycles. The highest BCUT2D eigenvalue weighted by Crippen LogP contribution is 2.31. The van der Waals surface area contributed by atoms with Crippen LogP contribution in [0.4, 0.5) is 0 Å². The lowest BCUT2D eigenvalue weighted by molar-refractivity contribution is 0.0299. The number of amides is 1. The van der Waals surface area contributed by atoms with E-state index in [9.17, 15) is 4.79 Å². The summed E-state index contributed by atoms with van der Waals surface area (Å²) < 4.78 is 7.37. The van der Waals surface area contributed by atoms with E-state index < -0.39 is 0 Å². The first-order valence-electron chi connectivity index (χ1n) is 10.0. The predicted molar refractivity (Wildman–Crippen MR) is 118 cm³/mol. The number of hydrogen-bond donors (Lipinski definition) is 0. The van der Waals surface area contributed by atoms with Gasteiger partial charge >= 0.3 is 0 Å². The standard InChI is InChI=1S/C22H23ClN4O2S/c1-15-18-13-20(21(28)26(10-4-9-24)17-7-11-29-12-8-17)30-22(18)27(25-15)14-16-5-2-3-6-19(16)23/h2-3,5-6,13,17H,4,7-8,10-12,14H2,1H3. The summed E-state index contributed by atoms with van der Waals surface area (Å²) in [7, 11) is 0. The molecule has 156 valence electrons. The van der Waals surface area contributed by atoms with Crippen LogP contribution in [-0.2, 0) is 11.3 Å². The van der Waals surface area contributed by atoms with E-state index in [4.69, 9.17) is 21.6 Å². The first kappa shape index (κ1) is 20.9. The van der Waals surface area contributed by atoms with Crippen molar-refractivity contribution in [2.75, 3.05) is 19.8 Å². The number of ether oxygens (including phenoxy) is 1. The maximum Gasteiger partial charge on any atom is 0.264 e. The minimum atomic E-state index is -0.0120. The number of fused-ring (bicyclic) bond motifs is 1. The van der Waals surface area contributed by atoms with Crippen molar-refractivity contribution in [1.82, 2.24) is 14.7 Å². The Labute approximate surface area is 184 Å². The normalized spacial score (nSPS) is 14.7. The number of hydrogen-bond acceptors (Lipinski definition) is 5. The van der Waals surface area contributed by atoms with Gasteiger partial charge in [-0.05, 0) is 37.5 Å². The number of carbonyl (C=O) groups is 1. The number of halogens is 1. The van der Waals surface area contributed by atoms with E-state index in [0.29, 0.717) is 42.6 Å². The maximum absolute atomic E-state index is 13.4. The van der Waals surface area contributed by atoms with Crippen LogP contribution in [0.25, 0.3) is 10.2 Å². The van der Waals surface area contributed by atoms with E-state index in [-0.39, 0.29) is 11.9 Å². The Morgan fingerprint density at radius 3 is 2.90 bits per heavy atom. The van der Waals surface area contributed by atoms with E-state index in [2.05, 4.69) is 11.2 Å². The quantitative estimate of drug-likeness (QED) is 0.557. The Bertz CT molecular complexity index is 1090. The Morgan fingerprint density at radius 1 is 1.40 bits per heavy atom. The third-order valence-electron chi connectivity index (χ3n) is 5.45. The molecule has 1 amide bonds. The fraction of sp³-hybridized carbons (Fsp3) is 0.409. The van der Waals surface area contributed by atoms with Gasteiger partial charge in [0.25, 0.3) is 5.91 Å². The Balaban J connectivity index is 1.64. The summed E-state index contributed by atoms with van der Waals surface area (Å²) in [4.78, 5) is 16.9. The molecule has 0 bridgehead atoms. The molecule has 0 atom stereocenters. The van der Waals surface area contributed by atoms with Crippen molar-refractivity contribution >= 4 is 39.1 Å². The minimum Gasteiger partial charge on any atom is -0.381 e. The molecule has 0 aliphatic carbocycles. The van der Waals surface area contributed by atoms with Crippen molar-refractivity contribution in [3.05, 3.63) is 51.5 Å². The lowest BCUT2D eigenvalue weighted by atomic mass is 10.1. The van der Waals surface area contributed by atoms with Crippen molar-refractivity contribution in [2.24, 2.45) is 0 Å². The molecule has 1 aromatic carbocycles. The van der Waals surface area contributed by atoms with Crippen LogP contribution in [0.5, 0.6) is 0 Å². The SMILES string of the molecule is Cc1nn(Cc2ccccc2Cl)c2sc(C(=O)N(CCC#N)C3CCOCC3)cc12. The van der Waals surface area contributed by atoms with E-state index >= 15 is 0 Å².